The highest BCUT2D eigenvalue weighted by Crippen LogP contribution is 1.99. The van der Waals surface area contributed by atoms with Crippen LogP contribution < -0.4 is 0 Å². The van der Waals surface area contributed by atoms with Crippen molar-refractivity contribution in [2.75, 3.05) is 20.0 Å². The van der Waals surface area contributed by atoms with Crippen molar-refractivity contribution >= 4 is 0 Å². The Morgan fingerprint density at radius 3 is 1.05 bits per heavy atom. The van der Waals surface area contributed by atoms with Crippen LogP contribution in [0.5, 0.6) is 0 Å². The molecule has 0 radical (unpaired) electrons. The number of hydrogen-bond acceptors (Lipinski definition) is 8. The predicted molar refractivity (Wildman–Crippen MR) is 136 cm³/mol. The van der Waals surface area contributed by atoms with Crippen LogP contribution in [0, 0.1) is 0 Å². The van der Waals surface area contributed by atoms with Crippen LogP contribution in [-0.2, 0) is 53.9 Å². The summed E-state index contributed by atoms with van der Waals surface area (Å²) in [6, 6.07) is 0. The maximum Gasteiger partial charge on any atom is 0.0951 e. The van der Waals surface area contributed by atoms with Gasteiger partial charge < -0.3 is 0 Å². The van der Waals surface area contributed by atoms with E-state index in [1.54, 1.807) is 58.5 Å². The Bertz CT molecular complexity index is 1020. The molecule has 0 saturated heterocycles. The summed E-state index contributed by atoms with van der Waals surface area (Å²) in [6.45, 7) is 1.17. The van der Waals surface area contributed by atoms with Gasteiger partial charge >= 0.3 is 0 Å². The van der Waals surface area contributed by atoms with Crippen molar-refractivity contribution in [3.8, 4) is 0 Å². The van der Waals surface area contributed by atoms with E-state index >= 15 is 0 Å². The van der Waals surface area contributed by atoms with Crippen LogP contribution in [0.25, 0.3) is 0 Å². The lowest BCUT2D eigenvalue weighted by molar-refractivity contribution is 0.471. The highest BCUT2D eigenvalue weighted by Gasteiger charge is 1.97. The van der Waals surface area contributed by atoms with Crippen LogP contribution in [0.4, 0.5) is 13.2 Å². The lowest BCUT2D eigenvalue weighted by atomic mass is 10.2. The monoisotopic (exact) mass is 539 g/mol. The number of unbranched alkanes of at least 4 members (excludes halogenated alkanes) is 1. The van der Waals surface area contributed by atoms with Gasteiger partial charge in [-0.25, -0.2) is 0 Å². The first kappa shape index (κ1) is 32.4. The third kappa shape index (κ3) is 14.8. The summed E-state index contributed by atoms with van der Waals surface area (Å²) in [6.07, 6.45) is 12.6. The van der Waals surface area contributed by atoms with E-state index < -0.39 is 0 Å². The molecular formula is C23H39F3N12. The maximum atomic E-state index is 11.6. The fourth-order valence-corrected chi connectivity index (χ4v) is 2.84. The van der Waals surface area contributed by atoms with Crippen molar-refractivity contribution in [1.82, 2.24) is 60.0 Å². The number of rotatable bonds is 10. The maximum absolute atomic E-state index is 11.6. The highest BCUT2D eigenvalue weighted by molar-refractivity contribution is 4.93. The summed E-state index contributed by atoms with van der Waals surface area (Å²) < 4.78 is 41.3. The van der Waals surface area contributed by atoms with E-state index in [-0.39, 0.29) is 20.0 Å². The number of halogens is 3. The number of aryl methyl sites for hydroxylation is 8. The van der Waals surface area contributed by atoms with E-state index in [4.69, 9.17) is 0 Å². The van der Waals surface area contributed by atoms with Gasteiger partial charge in [0, 0.05) is 65.8 Å². The Morgan fingerprint density at radius 1 is 0.500 bits per heavy atom. The second kappa shape index (κ2) is 19.5. The molecule has 0 atom stereocenters. The second-order valence-corrected chi connectivity index (χ2v) is 8.31. The Kier molecular flexibility index (Phi) is 16.6. The Hall–Kier alpha value is -3.65. The van der Waals surface area contributed by atoms with Crippen molar-refractivity contribution < 1.29 is 13.2 Å². The molecule has 0 aliphatic carbocycles. The summed E-state index contributed by atoms with van der Waals surface area (Å²) in [4.78, 5) is 0. The topological polar surface area (TPSA) is 123 Å². The van der Waals surface area contributed by atoms with Crippen molar-refractivity contribution in [2.24, 2.45) is 28.2 Å². The molecule has 0 N–H and O–H groups in total. The fourth-order valence-electron chi connectivity index (χ4n) is 2.84. The molecule has 212 valence electrons. The summed E-state index contributed by atoms with van der Waals surface area (Å²) >= 11 is 0. The SMILES string of the molecule is CCCCc1cn(C)nn1.Cn1cc(CCCF)nn1.Cn1cc(CCF)nn1.Cn1cc(CC[18F])nn1. The average molecular weight is 540 g/mol. The molecule has 12 nitrogen and oxygen atoms in total. The largest absolute Gasteiger partial charge is 0.255 e. The average Bonchev–Trinajstić information content (AvgIpc) is 3.69. The molecule has 0 spiro atoms. The molecule has 4 aromatic heterocycles. The zero-order valence-electron chi connectivity index (χ0n) is 22.9. The lowest BCUT2D eigenvalue weighted by Gasteiger charge is -1.88. The smallest absolute Gasteiger partial charge is 0.0951 e. The van der Waals surface area contributed by atoms with Crippen molar-refractivity contribution in [3.05, 3.63) is 47.6 Å². The van der Waals surface area contributed by atoms with Crippen LogP contribution in [0.3, 0.4) is 0 Å². The standard InChI is InChI=1S/C7H13N3.C6H10FN3.2C5H8FN3/c1-3-4-5-7-6-10(2)9-8-7;1-10-5-6(8-9-10)3-2-4-7;2*1-9-4-5(2-3-6)7-8-9/h6H,3-5H2,1-2H3;5H,2-4H2,1H3;2*4H,2-3H2,1H3/i;;6-1;. The molecule has 0 aliphatic heterocycles. The molecule has 0 amide bonds. The molecule has 15 heteroatoms. The van der Waals surface area contributed by atoms with Crippen LogP contribution >= 0.6 is 0 Å². The van der Waals surface area contributed by atoms with Gasteiger partial charge in [0.2, 0.25) is 0 Å². The minimum Gasteiger partial charge on any atom is -0.255 e. The number of aromatic nitrogens is 12. The van der Waals surface area contributed by atoms with E-state index in [9.17, 15) is 13.2 Å². The molecule has 0 fully saturated rings. The third-order valence-corrected chi connectivity index (χ3v) is 4.65. The van der Waals surface area contributed by atoms with Crippen LogP contribution in [0.15, 0.2) is 24.8 Å². The quantitative estimate of drug-likeness (QED) is 0.301. The van der Waals surface area contributed by atoms with Gasteiger partial charge in [-0.05, 0) is 25.7 Å². The van der Waals surface area contributed by atoms with Crippen LogP contribution in [0.2, 0.25) is 0 Å². The number of nitrogens with zero attached hydrogens (tertiary/aromatic N) is 12. The van der Waals surface area contributed by atoms with Gasteiger partial charge in [-0.2, -0.15) is 0 Å². The van der Waals surface area contributed by atoms with E-state index in [0.717, 1.165) is 17.8 Å². The summed E-state index contributed by atoms with van der Waals surface area (Å²) in [5.74, 6) is 0. The van der Waals surface area contributed by atoms with Gasteiger partial charge in [-0.1, -0.05) is 34.2 Å². The Balaban J connectivity index is 0.000000254. The zero-order valence-corrected chi connectivity index (χ0v) is 22.9. The van der Waals surface area contributed by atoms with Crippen molar-refractivity contribution in [1.29, 1.82) is 0 Å². The molecule has 0 saturated carbocycles. The first-order chi connectivity index (χ1) is 18.3. The summed E-state index contributed by atoms with van der Waals surface area (Å²) in [5.41, 5.74) is 3.38. The number of alkyl halides is 3. The van der Waals surface area contributed by atoms with Crippen LogP contribution in [0.1, 0.15) is 49.0 Å². The molecule has 4 aromatic rings. The molecule has 0 unspecified atom stereocenters. The van der Waals surface area contributed by atoms with E-state index in [1.807, 2.05) is 13.2 Å². The van der Waals surface area contributed by atoms with Gasteiger partial charge in [-0.3, -0.25) is 31.9 Å². The predicted octanol–water partition coefficient (Wildman–Crippen LogP) is 2.53. The third-order valence-electron chi connectivity index (χ3n) is 4.65. The summed E-state index contributed by atoms with van der Waals surface area (Å²) in [5, 5.41) is 29.9. The molecule has 0 bridgehead atoms. The van der Waals surface area contributed by atoms with Crippen LogP contribution in [-0.4, -0.2) is 80.0 Å². The van der Waals surface area contributed by atoms with Gasteiger partial charge in [0.1, 0.15) is 0 Å². The van der Waals surface area contributed by atoms with E-state index in [1.165, 1.54) is 12.8 Å². The minimum absolute atomic E-state index is 0.281. The molecular weight excluding hydrogens is 500 g/mol. The molecule has 38 heavy (non-hydrogen) atoms. The first-order valence-electron chi connectivity index (χ1n) is 12.4. The summed E-state index contributed by atoms with van der Waals surface area (Å²) in [7, 11) is 7.21. The zero-order chi connectivity index (χ0) is 28.2. The van der Waals surface area contributed by atoms with Gasteiger partial charge in [0.25, 0.3) is 0 Å². The lowest BCUT2D eigenvalue weighted by Crippen LogP contribution is -1.86. The van der Waals surface area contributed by atoms with Crippen molar-refractivity contribution in [3.63, 3.8) is 0 Å². The van der Waals surface area contributed by atoms with E-state index in [0.29, 0.717) is 37.1 Å². The molecule has 4 heterocycles. The van der Waals surface area contributed by atoms with E-state index in [2.05, 4.69) is 48.2 Å². The molecule has 0 aromatic carbocycles. The highest BCUT2D eigenvalue weighted by atomic mass is 19.1. The normalized spacial score (nSPS) is 10.1. The molecule has 4 rings (SSSR count). The second-order valence-electron chi connectivity index (χ2n) is 8.31. The number of hydrogen-bond donors (Lipinski definition) is 0. The first-order valence-corrected chi connectivity index (χ1v) is 12.4. The Labute approximate surface area is 221 Å². The Morgan fingerprint density at radius 2 is 0.816 bits per heavy atom. The van der Waals surface area contributed by atoms with Gasteiger partial charge in [-0.15, -0.1) is 20.4 Å². The van der Waals surface area contributed by atoms with Crippen molar-refractivity contribution in [2.45, 2.75) is 51.9 Å². The van der Waals surface area contributed by atoms with Gasteiger partial charge in [0.05, 0.1) is 42.8 Å². The minimum atomic E-state index is -0.362. The van der Waals surface area contributed by atoms with Gasteiger partial charge in [0.15, 0.2) is 0 Å². The molecule has 0 aliphatic rings. The fraction of sp³-hybridized carbons (Fsp3) is 0.652.